The molecule has 0 fully saturated rings. The third-order valence-electron chi connectivity index (χ3n) is 3.08. The number of benzene rings is 1. The van der Waals surface area contributed by atoms with Crippen LogP contribution in [0.2, 0.25) is 0 Å². The number of anilines is 1. The minimum atomic E-state index is 0. The van der Waals surface area contributed by atoms with Crippen LogP contribution in [0.15, 0.2) is 34.0 Å². The van der Waals surface area contributed by atoms with E-state index in [4.69, 9.17) is 18.7 Å². The molecule has 2 rings (SSSR count). The second-order valence-electron chi connectivity index (χ2n) is 4.46. The maximum absolute atomic E-state index is 5.33. The Morgan fingerprint density at radius 2 is 1.83 bits per heavy atom. The summed E-state index contributed by atoms with van der Waals surface area (Å²) in [5, 5.41) is 10.1. The van der Waals surface area contributed by atoms with Crippen molar-refractivity contribution in [3.05, 3.63) is 30.2 Å². The Morgan fingerprint density at radius 1 is 1.17 bits per heavy atom. The van der Waals surface area contributed by atoms with Crippen LogP contribution < -0.4 is 24.8 Å². The van der Waals surface area contributed by atoms with Gasteiger partial charge in [0.25, 0.3) is 0 Å². The summed E-state index contributed by atoms with van der Waals surface area (Å²) in [5.41, 5.74) is 1.52. The zero-order valence-corrected chi connectivity index (χ0v) is 16.3. The highest BCUT2D eigenvalue weighted by Gasteiger charge is 2.14. The number of guanidine groups is 1. The topological polar surface area (TPSA) is 90.1 Å². The fourth-order valence-electron chi connectivity index (χ4n) is 1.97. The number of nitrogens with zero attached hydrogens (tertiary/aromatic N) is 2. The summed E-state index contributed by atoms with van der Waals surface area (Å²) in [6.45, 7) is 0.487. The molecule has 1 heterocycles. The van der Waals surface area contributed by atoms with E-state index in [1.807, 2.05) is 0 Å². The fourth-order valence-corrected chi connectivity index (χ4v) is 1.97. The fraction of sp³-hybridized carbons (Fsp3) is 0.333. The summed E-state index contributed by atoms with van der Waals surface area (Å²) >= 11 is 0. The molecule has 9 heteroatoms. The van der Waals surface area contributed by atoms with E-state index in [0.29, 0.717) is 29.8 Å². The van der Waals surface area contributed by atoms with Gasteiger partial charge in [-0.3, -0.25) is 4.99 Å². The monoisotopic (exact) mass is 448 g/mol. The molecule has 0 radical (unpaired) electrons. The largest absolute Gasteiger partial charge is 0.493 e. The molecule has 0 aliphatic heterocycles. The first-order chi connectivity index (χ1) is 11.2. The Bertz CT molecular complexity index is 636. The molecular formula is C15H21IN4O4. The van der Waals surface area contributed by atoms with Crippen LogP contribution in [0.3, 0.4) is 0 Å². The molecule has 0 saturated heterocycles. The van der Waals surface area contributed by atoms with Crippen molar-refractivity contribution in [2.24, 2.45) is 4.99 Å². The number of nitrogens with one attached hydrogen (secondary N) is 2. The van der Waals surface area contributed by atoms with E-state index in [0.717, 1.165) is 11.4 Å². The highest BCUT2D eigenvalue weighted by atomic mass is 127. The molecule has 0 bridgehead atoms. The van der Waals surface area contributed by atoms with Crippen molar-refractivity contribution in [2.45, 2.75) is 6.54 Å². The highest BCUT2D eigenvalue weighted by molar-refractivity contribution is 14.0. The molecule has 2 N–H and O–H groups in total. The van der Waals surface area contributed by atoms with Gasteiger partial charge in [0, 0.05) is 30.9 Å². The Labute approximate surface area is 157 Å². The average molecular weight is 448 g/mol. The molecule has 0 atom stereocenters. The number of ether oxygens (including phenoxy) is 3. The smallest absolute Gasteiger partial charge is 0.203 e. The molecule has 0 unspecified atom stereocenters. The van der Waals surface area contributed by atoms with Crippen molar-refractivity contribution in [3.63, 3.8) is 0 Å². The molecule has 8 nitrogen and oxygen atoms in total. The normalized spacial score (nSPS) is 10.6. The second-order valence-corrected chi connectivity index (χ2v) is 4.46. The van der Waals surface area contributed by atoms with Gasteiger partial charge in [-0.15, -0.1) is 24.0 Å². The zero-order valence-electron chi connectivity index (χ0n) is 14.0. The summed E-state index contributed by atoms with van der Waals surface area (Å²) in [4.78, 5) is 4.16. The van der Waals surface area contributed by atoms with Crippen LogP contribution in [0, 0.1) is 0 Å². The number of hydrogen-bond donors (Lipinski definition) is 2. The van der Waals surface area contributed by atoms with Gasteiger partial charge in [0.05, 0.1) is 27.9 Å². The van der Waals surface area contributed by atoms with Crippen LogP contribution in [-0.2, 0) is 6.54 Å². The summed E-state index contributed by atoms with van der Waals surface area (Å²) in [7, 11) is 6.37. The molecule has 1 aromatic heterocycles. The standard InChI is InChI=1S/C15H20N4O4.HI/c1-16-15(17-9-10-5-6-23-19-10)18-11-7-12(20-2)14(22-4)13(8-11)21-3;/h5-8H,9H2,1-4H3,(H2,16,17,18);1H. The van der Waals surface area contributed by atoms with Crippen LogP contribution in [0.25, 0.3) is 0 Å². The number of aromatic nitrogens is 1. The van der Waals surface area contributed by atoms with Crippen LogP contribution in [0.4, 0.5) is 5.69 Å². The molecule has 0 aliphatic carbocycles. The average Bonchev–Trinajstić information content (AvgIpc) is 3.10. The molecule has 0 spiro atoms. The summed E-state index contributed by atoms with van der Waals surface area (Å²) in [6, 6.07) is 5.37. The molecular weight excluding hydrogens is 427 g/mol. The Hall–Kier alpha value is -2.17. The van der Waals surface area contributed by atoms with Crippen LogP contribution in [0.5, 0.6) is 17.2 Å². The van der Waals surface area contributed by atoms with Crippen molar-refractivity contribution in [1.29, 1.82) is 0 Å². The van der Waals surface area contributed by atoms with Crippen molar-refractivity contribution in [3.8, 4) is 17.2 Å². The first-order valence-corrected chi connectivity index (χ1v) is 6.88. The predicted molar refractivity (Wildman–Crippen MR) is 102 cm³/mol. The van der Waals surface area contributed by atoms with Crippen LogP contribution >= 0.6 is 24.0 Å². The van der Waals surface area contributed by atoms with Gasteiger partial charge in [-0.2, -0.15) is 0 Å². The molecule has 0 amide bonds. The number of halogens is 1. The van der Waals surface area contributed by atoms with E-state index in [9.17, 15) is 0 Å². The number of rotatable bonds is 6. The third-order valence-corrected chi connectivity index (χ3v) is 3.08. The molecule has 0 saturated carbocycles. The molecule has 132 valence electrons. The van der Waals surface area contributed by atoms with Crippen LogP contribution in [0.1, 0.15) is 5.69 Å². The van der Waals surface area contributed by atoms with Crippen molar-refractivity contribution in [1.82, 2.24) is 10.5 Å². The van der Waals surface area contributed by atoms with Crippen molar-refractivity contribution < 1.29 is 18.7 Å². The lowest BCUT2D eigenvalue weighted by molar-refractivity contribution is 0.324. The maximum atomic E-state index is 5.33. The van der Waals surface area contributed by atoms with Gasteiger partial charge < -0.3 is 29.4 Å². The summed E-state index contributed by atoms with van der Waals surface area (Å²) in [6.07, 6.45) is 1.52. The van der Waals surface area contributed by atoms with Gasteiger partial charge in [0.2, 0.25) is 5.75 Å². The SMILES string of the molecule is CN=C(NCc1ccon1)Nc1cc(OC)c(OC)c(OC)c1.I. The van der Waals surface area contributed by atoms with E-state index < -0.39 is 0 Å². The molecule has 0 aliphatic rings. The first kappa shape index (κ1) is 19.9. The Balaban J connectivity index is 0.00000288. The van der Waals surface area contributed by atoms with E-state index in [-0.39, 0.29) is 24.0 Å². The van der Waals surface area contributed by atoms with Gasteiger partial charge in [-0.1, -0.05) is 5.16 Å². The predicted octanol–water partition coefficient (Wildman–Crippen LogP) is 2.51. The molecule has 2 aromatic rings. The lowest BCUT2D eigenvalue weighted by Gasteiger charge is -2.16. The summed E-state index contributed by atoms with van der Waals surface area (Å²) < 4.78 is 20.7. The number of methoxy groups -OCH3 is 3. The van der Waals surface area contributed by atoms with Gasteiger partial charge in [0.15, 0.2) is 17.5 Å². The maximum Gasteiger partial charge on any atom is 0.203 e. The van der Waals surface area contributed by atoms with E-state index in [1.165, 1.54) is 6.26 Å². The zero-order chi connectivity index (χ0) is 16.7. The van der Waals surface area contributed by atoms with E-state index >= 15 is 0 Å². The first-order valence-electron chi connectivity index (χ1n) is 6.88. The van der Waals surface area contributed by atoms with Gasteiger partial charge in [-0.05, 0) is 0 Å². The highest BCUT2D eigenvalue weighted by Crippen LogP contribution is 2.39. The second kappa shape index (κ2) is 9.85. The van der Waals surface area contributed by atoms with E-state index in [1.54, 1.807) is 46.6 Å². The molecule has 1 aromatic carbocycles. The lowest BCUT2D eigenvalue weighted by atomic mass is 10.2. The van der Waals surface area contributed by atoms with Gasteiger partial charge in [0.1, 0.15) is 12.0 Å². The van der Waals surface area contributed by atoms with Gasteiger partial charge >= 0.3 is 0 Å². The minimum absolute atomic E-state index is 0. The minimum Gasteiger partial charge on any atom is -0.493 e. The van der Waals surface area contributed by atoms with Crippen molar-refractivity contribution >= 4 is 35.6 Å². The Kier molecular flexibility index (Phi) is 8.16. The van der Waals surface area contributed by atoms with Crippen LogP contribution in [-0.4, -0.2) is 39.5 Å². The summed E-state index contributed by atoms with van der Waals surface area (Å²) in [5.74, 6) is 2.22. The third kappa shape index (κ3) is 4.91. The number of aliphatic imine (C=N–C) groups is 1. The number of hydrogen-bond acceptors (Lipinski definition) is 6. The Morgan fingerprint density at radius 3 is 2.29 bits per heavy atom. The molecule has 24 heavy (non-hydrogen) atoms. The van der Waals surface area contributed by atoms with E-state index in [2.05, 4.69) is 20.8 Å². The lowest BCUT2D eigenvalue weighted by Crippen LogP contribution is -2.30. The van der Waals surface area contributed by atoms with Gasteiger partial charge in [-0.25, -0.2) is 0 Å². The quantitative estimate of drug-likeness (QED) is 0.399. The van der Waals surface area contributed by atoms with Crippen molar-refractivity contribution in [2.75, 3.05) is 33.7 Å².